The monoisotopic (exact) mass is 338 g/mol. The standard InChI is InChI=1S/C19H18N2O2S/c22-24(23,21-18-14-8-3-9-15-18)19(16-10-4-1-5-11-16)20-17-12-6-2-7-13-17/h1-15,19-21H. The first kappa shape index (κ1) is 16.1. The molecule has 0 fully saturated rings. The molecule has 0 aliphatic rings. The van der Waals surface area contributed by atoms with Gasteiger partial charge in [-0.2, -0.15) is 0 Å². The van der Waals surface area contributed by atoms with Crippen molar-refractivity contribution in [1.29, 1.82) is 0 Å². The van der Waals surface area contributed by atoms with Crippen molar-refractivity contribution in [2.45, 2.75) is 5.37 Å². The summed E-state index contributed by atoms with van der Waals surface area (Å²) in [6.07, 6.45) is 0. The van der Waals surface area contributed by atoms with Crippen LogP contribution in [0.15, 0.2) is 91.0 Å². The average molecular weight is 338 g/mol. The van der Waals surface area contributed by atoms with Crippen LogP contribution in [-0.4, -0.2) is 8.42 Å². The van der Waals surface area contributed by atoms with Crippen molar-refractivity contribution in [1.82, 2.24) is 0 Å². The van der Waals surface area contributed by atoms with Gasteiger partial charge in [-0.1, -0.05) is 66.7 Å². The van der Waals surface area contributed by atoms with Crippen LogP contribution in [0.25, 0.3) is 0 Å². The molecular weight excluding hydrogens is 320 g/mol. The SMILES string of the molecule is O=S(=O)(Nc1ccccc1)C(Nc1ccccc1)c1ccccc1. The van der Waals surface area contributed by atoms with E-state index >= 15 is 0 Å². The van der Waals surface area contributed by atoms with E-state index in [0.29, 0.717) is 11.3 Å². The Morgan fingerprint density at radius 3 is 1.62 bits per heavy atom. The summed E-state index contributed by atoms with van der Waals surface area (Å²) in [4.78, 5) is 0. The predicted molar refractivity (Wildman–Crippen MR) is 98.2 cm³/mol. The summed E-state index contributed by atoms with van der Waals surface area (Å²) in [5, 5.41) is 2.20. The molecule has 122 valence electrons. The molecule has 1 atom stereocenters. The summed E-state index contributed by atoms with van der Waals surface area (Å²) < 4.78 is 28.5. The highest BCUT2D eigenvalue weighted by molar-refractivity contribution is 7.93. The van der Waals surface area contributed by atoms with Crippen LogP contribution in [-0.2, 0) is 10.0 Å². The van der Waals surface area contributed by atoms with E-state index < -0.39 is 15.4 Å². The van der Waals surface area contributed by atoms with E-state index in [2.05, 4.69) is 10.0 Å². The van der Waals surface area contributed by atoms with Gasteiger partial charge in [0, 0.05) is 11.4 Å². The minimum Gasteiger partial charge on any atom is -0.364 e. The first-order chi connectivity index (χ1) is 11.6. The third kappa shape index (κ3) is 3.94. The van der Waals surface area contributed by atoms with Crippen LogP contribution in [0.3, 0.4) is 0 Å². The van der Waals surface area contributed by atoms with Gasteiger partial charge in [0.05, 0.1) is 0 Å². The number of anilines is 2. The molecule has 3 rings (SSSR count). The Morgan fingerprint density at radius 2 is 1.08 bits per heavy atom. The van der Waals surface area contributed by atoms with Gasteiger partial charge in [0.2, 0.25) is 0 Å². The minimum atomic E-state index is -3.69. The lowest BCUT2D eigenvalue weighted by Gasteiger charge is -2.21. The molecule has 0 saturated heterocycles. The van der Waals surface area contributed by atoms with E-state index in [1.165, 1.54) is 0 Å². The zero-order valence-electron chi connectivity index (χ0n) is 13.0. The number of para-hydroxylation sites is 2. The van der Waals surface area contributed by atoms with Crippen LogP contribution in [0.4, 0.5) is 11.4 Å². The Morgan fingerprint density at radius 1 is 0.625 bits per heavy atom. The molecule has 5 heteroatoms. The highest BCUT2D eigenvalue weighted by Gasteiger charge is 2.27. The van der Waals surface area contributed by atoms with Crippen LogP contribution >= 0.6 is 0 Å². The Bertz CT molecular complexity index is 867. The van der Waals surface area contributed by atoms with Crippen molar-refractivity contribution >= 4 is 21.4 Å². The molecule has 0 aliphatic carbocycles. The van der Waals surface area contributed by atoms with Gasteiger partial charge in [-0.05, 0) is 29.8 Å². The smallest absolute Gasteiger partial charge is 0.258 e. The summed E-state index contributed by atoms with van der Waals surface area (Å²) in [6.45, 7) is 0. The van der Waals surface area contributed by atoms with Crippen LogP contribution in [0.2, 0.25) is 0 Å². The molecule has 0 heterocycles. The normalized spacial score (nSPS) is 12.3. The van der Waals surface area contributed by atoms with Crippen LogP contribution in [0.5, 0.6) is 0 Å². The number of rotatable bonds is 6. The second kappa shape index (κ2) is 7.19. The van der Waals surface area contributed by atoms with Crippen molar-refractivity contribution in [3.63, 3.8) is 0 Å². The second-order valence-corrected chi connectivity index (χ2v) is 7.08. The van der Waals surface area contributed by atoms with Crippen LogP contribution < -0.4 is 10.0 Å². The van der Waals surface area contributed by atoms with Crippen molar-refractivity contribution in [3.05, 3.63) is 96.6 Å². The third-order valence-electron chi connectivity index (χ3n) is 3.52. The summed E-state index contributed by atoms with van der Waals surface area (Å²) in [7, 11) is -3.69. The fourth-order valence-electron chi connectivity index (χ4n) is 2.38. The Labute approximate surface area is 142 Å². The highest BCUT2D eigenvalue weighted by Crippen LogP contribution is 2.26. The van der Waals surface area contributed by atoms with Crippen LogP contribution in [0.1, 0.15) is 10.9 Å². The van der Waals surface area contributed by atoms with Gasteiger partial charge in [-0.25, -0.2) is 8.42 Å². The molecule has 0 radical (unpaired) electrons. The molecule has 0 spiro atoms. The van der Waals surface area contributed by atoms with Crippen LogP contribution in [0, 0.1) is 0 Å². The van der Waals surface area contributed by atoms with Gasteiger partial charge >= 0.3 is 0 Å². The fourth-order valence-corrected chi connectivity index (χ4v) is 3.77. The Balaban J connectivity index is 1.94. The molecule has 0 bridgehead atoms. The van der Waals surface area contributed by atoms with Crippen molar-refractivity contribution in [3.8, 4) is 0 Å². The molecule has 2 N–H and O–H groups in total. The maximum Gasteiger partial charge on any atom is 0.258 e. The first-order valence-corrected chi connectivity index (χ1v) is 9.13. The number of sulfonamides is 1. The summed E-state index contributed by atoms with van der Waals surface area (Å²) >= 11 is 0. The number of benzene rings is 3. The van der Waals surface area contributed by atoms with Crippen molar-refractivity contribution in [2.75, 3.05) is 10.0 Å². The lowest BCUT2D eigenvalue weighted by Crippen LogP contribution is -2.27. The van der Waals surface area contributed by atoms with E-state index in [-0.39, 0.29) is 0 Å². The maximum atomic E-state index is 12.9. The summed E-state index contributed by atoms with van der Waals surface area (Å²) in [5.41, 5.74) is 1.95. The summed E-state index contributed by atoms with van der Waals surface area (Å²) in [5.74, 6) is 0. The van der Waals surface area contributed by atoms with Crippen molar-refractivity contribution in [2.24, 2.45) is 0 Å². The largest absolute Gasteiger partial charge is 0.364 e. The second-order valence-electron chi connectivity index (χ2n) is 5.31. The molecule has 1 unspecified atom stereocenters. The quantitative estimate of drug-likeness (QED) is 0.707. The lowest BCUT2D eigenvalue weighted by molar-refractivity contribution is 0.593. The number of nitrogens with one attached hydrogen (secondary N) is 2. The van der Waals surface area contributed by atoms with E-state index in [1.54, 1.807) is 36.4 Å². The van der Waals surface area contributed by atoms with E-state index in [9.17, 15) is 8.42 Å². The zero-order valence-corrected chi connectivity index (χ0v) is 13.8. The predicted octanol–water partition coefficient (Wildman–Crippen LogP) is 4.24. The molecule has 0 saturated carbocycles. The van der Waals surface area contributed by atoms with Gasteiger partial charge in [-0.3, -0.25) is 4.72 Å². The molecule has 4 nitrogen and oxygen atoms in total. The third-order valence-corrected chi connectivity index (χ3v) is 5.05. The van der Waals surface area contributed by atoms with Gasteiger partial charge in [0.25, 0.3) is 10.0 Å². The topological polar surface area (TPSA) is 58.2 Å². The van der Waals surface area contributed by atoms with Gasteiger partial charge < -0.3 is 5.32 Å². The summed E-state index contributed by atoms with van der Waals surface area (Å²) in [6, 6.07) is 27.3. The number of hydrogen-bond acceptors (Lipinski definition) is 3. The molecule has 0 aliphatic heterocycles. The molecule has 3 aromatic carbocycles. The maximum absolute atomic E-state index is 12.9. The van der Waals surface area contributed by atoms with E-state index in [1.807, 2.05) is 54.6 Å². The average Bonchev–Trinajstić information content (AvgIpc) is 2.62. The fraction of sp³-hybridized carbons (Fsp3) is 0.0526. The van der Waals surface area contributed by atoms with Gasteiger partial charge in [0.15, 0.2) is 5.37 Å². The lowest BCUT2D eigenvalue weighted by atomic mass is 10.2. The molecule has 24 heavy (non-hydrogen) atoms. The van der Waals surface area contributed by atoms with E-state index in [0.717, 1.165) is 5.69 Å². The molecular formula is C19H18N2O2S. The molecule has 3 aromatic rings. The molecule has 0 amide bonds. The minimum absolute atomic E-state index is 0.535. The van der Waals surface area contributed by atoms with Gasteiger partial charge in [0.1, 0.15) is 0 Å². The molecule has 0 aromatic heterocycles. The van der Waals surface area contributed by atoms with Gasteiger partial charge in [-0.15, -0.1) is 0 Å². The Kier molecular flexibility index (Phi) is 4.82. The zero-order chi connectivity index (χ0) is 16.8. The van der Waals surface area contributed by atoms with Crippen molar-refractivity contribution < 1.29 is 8.42 Å². The Hall–Kier alpha value is -2.79. The highest BCUT2D eigenvalue weighted by atomic mass is 32.2. The first-order valence-electron chi connectivity index (χ1n) is 7.58. The number of hydrogen-bond donors (Lipinski definition) is 2. The van der Waals surface area contributed by atoms with E-state index in [4.69, 9.17) is 0 Å².